The first-order chi connectivity index (χ1) is 17.3. The Morgan fingerprint density at radius 1 is 1.03 bits per heavy atom. The van der Waals surface area contributed by atoms with Crippen LogP contribution in [0.15, 0.2) is 46.9 Å². The number of carbonyl (C=O) groups excluding carboxylic acids is 1. The van der Waals surface area contributed by atoms with Gasteiger partial charge >= 0.3 is 5.97 Å². The number of aliphatic hydroxyl groups excluding tert-OH is 1. The quantitative estimate of drug-likeness (QED) is 0.359. The Kier molecular flexibility index (Phi) is 8.38. The van der Waals surface area contributed by atoms with Gasteiger partial charge < -0.3 is 24.3 Å². The number of carboxylic acids is 1. The lowest BCUT2D eigenvalue weighted by molar-refractivity contribution is -0.137. The van der Waals surface area contributed by atoms with Crippen LogP contribution in [0.2, 0.25) is 0 Å². The van der Waals surface area contributed by atoms with Crippen LogP contribution in [0.25, 0.3) is 11.0 Å². The van der Waals surface area contributed by atoms with Gasteiger partial charge in [0.05, 0.1) is 6.10 Å². The average molecular weight is 510 g/mol. The van der Waals surface area contributed by atoms with E-state index < -0.39 is 24.5 Å². The number of aliphatic carboxylic acids is 1. The number of carboxylic acid groups (broad SMARTS) is 1. The minimum Gasteiger partial charge on any atom is -0.491 e. The number of carbonyl (C=O) groups is 2. The maximum Gasteiger partial charge on any atom is 0.323 e. The largest absolute Gasteiger partial charge is 0.491 e. The molecular weight excluding hydrogens is 470 g/mol. The van der Waals surface area contributed by atoms with Gasteiger partial charge in [0.15, 0.2) is 5.76 Å². The van der Waals surface area contributed by atoms with Gasteiger partial charge in [-0.2, -0.15) is 0 Å². The van der Waals surface area contributed by atoms with E-state index in [4.69, 9.17) is 14.3 Å². The normalized spacial score (nSPS) is 13.0. The Hall–Kier alpha value is -3.32. The topological polar surface area (TPSA) is 100 Å². The molecule has 1 unspecified atom stereocenters. The highest BCUT2D eigenvalue weighted by molar-refractivity contribution is 5.97. The van der Waals surface area contributed by atoms with Crippen LogP contribution in [-0.4, -0.2) is 53.3 Å². The Labute approximate surface area is 219 Å². The molecule has 7 heteroatoms. The summed E-state index contributed by atoms with van der Waals surface area (Å²) >= 11 is 0. The van der Waals surface area contributed by atoms with E-state index in [1.807, 2.05) is 45.9 Å². The van der Waals surface area contributed by atoms with Gasteiger partial charge in [0.1, 0.15) is 24.5 Å². The maximum absolute atomic E-state index is 12.6. The van der Waals surface area contributed by atoms with Crippen molar-refractivity contribution >= 4 is 22.8 Å². The van der Waals surface area contributed by atoms with Crippen LogP contribution in [-0.2, 0) is 10.2 Å². The minimum absolute atomic E-state index is 0.115. The lowest BCUT2D eigenvalue weighted by Crippen LogP contribution is -2.32. The SMILES string of the molecule is CCC(CC)(c1ccc(OCC(O)C(C)(C)C)c(C)c1)c1ccc2oc(C(=O)N(C)CC(=O)O)cc2c1. The summed E-state index contributed by atoms with van der Waals surface area (Å²) in [7, 11) is 1.44. The van der Waals surface area contributed by atoms with Crippen LogP contribution in [0.4, 0.5) is 0 Å². The molecule has 0 aliphatic heterocycles. The molecule has 0 radical (unpaired) electrons. The lowest BCUT2D eigenvalue weighted by atomic mass is 9.70. The molecule has 1 aromatic heterocycles. The van der Waals surface area contributed by atoms with Gasteiger partial charge in [0.25, 0.3) is 5.91 Å². The molecule has 7 nitrogen and oxygen atoms in total. The molecule has 1 amide bonds. The van der Waals surface area contributed by atoms with Crippen LogP contribution < -0.4 is 4.74 Å². The molecule has 200 valence electrons. The van der Waals surface area contributed by atoms with Crippen LogP contribution in [0, 0.1) is 12.3 Å². The molecule has 0 aliphatic rings. The van der Waals surface area contributed by atoms with Gasteiger partial charge in [0.2, 0.25) is 0 Å². The zero-order valence-electron chi connectivity index (χ0n) is 22.9. The summed E-state index contributed by atoms with van der Waals surface area (Å²) in [5, 5.41) is 20.1. The Balaban J connectivity index is 1.93. The number of fused-ring (bicyclic) bond motifs is 1. The number of likely N-dealkylation sites (N-methyl/N-ethyl adjacent to an activating group) is 1. The first-order valence-electron chi connectivity index (χ1n) is 12.8. The number of ether oxygens (including phenoxy) is 1. The summed E-state index contributed by atoms with van der Waals surface area (Å²) in [6, 6.07) is 13.9. The molecule has 0 bridgehead atoms. The van der Waals surface area contributed by atoms with Gasteiger partial charge in [-0.05, 0) is 66.1 Å². The van der Waals surface area contributed by atoms with Crippen molar-refractivity contribution in [2.75, 3.05) is 20.2 Å². The number of hydrogen-bond donors (Lipinski definition) is 2. The van der Waals surface area contributed by atoms with Crippen LogP contribution >= 0.6 is 0 Å². The summed E-state index contributed by atoms with van der Waals surface area (Å²) in [6.07, 6.45) is 1.16. The second-order valence-electron chi connectivity index (χ2n) is 10.9. The summed E-state index contributed by atoms with van der Waals surface area (Å²) in [5.74, 6) is -0.682. The van der Waals surface area contributed by atoms with E-state index in [-0.39, 0.29) is 23.2 Å². The van der Waals surface area contributed by atoms with E-state index in [0.717, 1.165) is 40.0 Å². The summed E-state index contributed by atoms with van der Waals surface area (Å²) in [4.78, 5) is 24.7. The monoisotopic (exact) mass is 509 g/mol. The van der Waals surface area contributed by atoms with Crippen molar-refractivity contribution in [1.29, 1.82) is 0 Å². The molecule has 37 heavy (non-hydrogen) atoms. The number of nitrogens with zero attached hydrogens (tertiary/aromatic N) is 1. The summed E-state index contributed by atoms with van der Waals surface area (Å²) in [6.45, 7) is 12.1. The van der Waals surface area contributed by atoms with Crippen LogP contribution in [0.3, 0.4) is 0 Å². The number of amides is 1. The van der Waals surface area contributed by atoms with Crippen molar-refractivity contribution in [3.05, 3.63) is 64.9 Å². The van der Waals surface area contributed by atoms with Crippen molar-refractivity contribution in [3.63, 3.8) is 0 Å². The van der Waals surface area contributed by atoms with Crippen molar-refractivity contribution in [1.82, 2.24) is 4.90 Å². The molecule has 3 rings (SSSR count). The molecule has 0 saturated heterocycles. The first-order valence-corrected chi connectivity index (χ1v) is 12.8. The fourth-order valence-corrected chi connectivity index (χ4v) is 4.67. The zero-order chi connectivity index (χ0) is 27.5. The number of aryl methyl sites for hydroxylation is 1. The highest BCUT2D eigenvalue weighted by Crippen LogP contribution is 2.41. The molecular formula is C30H39NO6. The summed E-state index contributed by atoms with van der Waals surface area (Å²) in [5.41, 5.74) is 3.34. The maximum atomic E-state index is 12.6. The van der Waals surface area contributed by atoms with E-state index in [1.165, 1.54) is 12.6 Å². The van der Waals surface area contributed by atoms with E-state index in [2.05, 4.69) is 32.0 Å². The van der Waals surface area contributed by atoms with E-state index >= 15 is 0 Å². The Morgan fingerprint density at radius 3 is 2.22 bits per heavy atom. The van der Waals surface area contributed by atoms with E-state index in [0.29, 0.717) is 5.58 Å². The number of aliphatic hydroxyl groups is 1. The smallest absolute Gasteiger partial charge is 0.323 e. The third-order valence-electron chi connectivity index (χ3n) is 7.33. The fraction of sp³-hybridized carbons (Fsp3) is 0.467. The molecule has 1 atom stereocenters. The van der Waals surface area contributed by atoms with Crippen molar-refractivity contribution in [2.24, 2.45) is 5.41 Å². The van der Waals surface area contributed by atoms with E-state index in [9.17, 15) is 14.7 Å². The second kappa shape index (κ2) is 11.0. The predicted octanol–water partition coefficient (Wildman–Crippen LogP) is 5.79. The standard InChI is InChI=1S/C30H39NO6/c1-8-30(9-2,21-10-12-23(19(3)14-21)36-18-26(32)29(4,5)6)22-11-13-24-20(15-22)16-25(37-24)28(35)31(7)17-27(33)34/h10-16,26,32H,8-9,17-18H2,1-7H3,(H,33,34). The predicted molar refractivity (Wildman–Crippen MR) is 144 cm³/mol. The molecule has 3 aromatic rings. The molecule has 2 aromatic carbocycles. The molecule has 1 heterocycles. The fourth-order valence-electron chi connectivity index (χ4n) is 4.67. The number of hydrogen-bond acceptors (Lipinski definition) is 5. The van der Waals surface area contributed by atoms with Gasteiger partial charge in [-0.15, -0.1) is 0 Å². The summed E-state index contributed by atoms with van der Waals surface area (Å²) < 4.78 is 11.7. The van der Waals surface area contributed by atoms with Gasteiger partial charge in [0, 0.05) is 17.8 Å². The van der Waals surface area contributed by atoms with Gasteiger partial charge in [-0.3, -0.25) is 9.59 Å². The van der Waals surface area contributed by atoms with Gasteiger partial charge in [-0.1, -0.05) is 52.8 Å². The van der Waals surface area contributed by atoms with Crippen LogP contribution in [0.1, 0.15) is 74.7 Å². The third-order valence-corrected chi connectivity index (χ3v) is 7.33. The molecule has 0 fully saturated rings. The molecule has 0 aliphatic carbocycles. The van der Waals surface area contributed by atoms with Crippen molar-refractivity contribution in [2.45, 2.75) is 65.9 Å². The number of benzene rings is 2. The number of furan rings is 1. The Bertz CT molecular complexity index is 1260. The average Bonchev–Trinajstić information content (AvgIpc) is 3.26. The number of rotatable bonds is 10. The Morgan fingerprint density at radius 2 is 1.65 bits per heavy atom. The third kappa shape index (κ3) is 5.99. The minimum atomic E-state index is -1.08. The first kappa shape index (κ1) is 28.3. The molecule has 0 saturated carbocycles. The van der Waals surface area contributed by atoms with Gasteiger partial charge in [-0.25, -0.2) is 0 Å². The van der Waals surface area contributed by atoms with E-state index in [1.54, 1.807) is 6.07 Å². The molecule has 2 N–H and O–H groups in total. The van der Waals surface area contributed by atoms with Crippen LogP contribution in [0.5, 0.6) is 5.75 Å². The van der Waals surface area contributed by atoms with Crippen molar-refractivity contribution in [3.8, 4) is 5.75 Å². The zero-order valence-corrected chi connectivity index (χ0v) is 22.9. The molecule has 0 spiro atoms. The van der Waals surface area contributed by atoms with Crippen molar-refractivity contribution < 1.29 is 29.0 Å². The lowest BCUT2D eigenvalue weighted by Gasteiger charge is -2.34. The highest BCUT2D eigenvalue weighted by Gasteiger charge is 2.32. The highest BCUT2D eigenvalue weighted by atomic mass is 16.5. The second-order valence-corrected chi connectivity index (χ2v) is 10.9.